The molecule has 1 unspecified atom stereocenters. The topological polar surface area (TPSA) is 20.3 Å². The molecule has 0 bridgehead atoms. The average Bonchev–Trinajstić information content (AvgIpc) is 2.42. The van der Waals surface area contributed by atoms with Gasteiger partial charge >= 0.3 is 0 Å². The first-order valence-corrected chi connectivity index (χ1v) is 7.41. The summed E-state index contributed by atoms with van der Waals surface area (Å²) in [6, 6.07) is 8.19. The number of amides is 1. The Bertz CT molecular complexity index is 381. The van der Waals surface area contributed by atoms with Crippen LogP contribution < -0.4 is 0 Å². The summed E-state index contributed by atoms with van der Waals surface area (Å²) in [4.78, 5) is 13.5. The molecule has 0 aliphatic rings. The van der Waals surface area contributed by atoms with Gasteiger partial charge in [0.15, 0.2) is 0 Å². The van der Waals surface area contributed by atoms with E-state index in [1.54, 1.807) is 19.0 Å². The molecule has 1 amide bonds. The van der Waals surface area contributed by atoms with Crippen LogP contribution in [0.2, 0.25) is 0 Å². The molecule has 0 fully saturated rings. The number of nitrogens with zero attached hydrogens (tertiary/aromatic N) is 1. The highest BCUT2D eigenvalue weighted by Gasteiger charge is 2.12. The number of unbranched alkanes of at least 4 members (excludes halogenated alkanes) is 1. The van der Waals surface area contributed by atoms with Crippen LogP contribution >= 0.6 is 0 Å². The van der Waals surface area contributed by atoms with Gasteiger partial charge in [0.2, 0.25) is 0 Å². The molecule has 1 atom stereocenters. The minimum Gasteiger partial charge on any atom is -0.345 e. The monoisotopic (exact) mass is 261 g/mol. The second-order valence-corrected chi connectivity index (χ2v) is 5.45. The van der Waals surface area contributed by atoms with Gasteiger partial charge in [-0.2, -0.15) is 0 Å². The maximum absolute atomic E-state index is 11.8. The van der Waals surface area contributed by atoms with Gasteiger partial charge in [0, 0.05) is 19.7 Å². The van der Waals surface area contributed by atoms with Gasteiger partial charge in [-0.15, -0.1) is 0 Å². The van der Waals surface area contributed by atoms with E-state index in [0.717, 1.165) is 5.56 Å². The summed E-state index contributed by atoms with van der Waals surface area (Å²) >= 11 is 0. The number of hydrogen-bond donors (Lipinski definition) is 0. The Labute approximate surface area is 117 Å². The zero-order valence-corrected chi connectivity index (χ0v) is 12.8. The smallest absolute Gasteiger partial charge is 0.253 e. The quantitative estimate of drug-likeness (QED) is 0.709. The fraction of sp³-hybridized carbons (Fsp3) is 0.588. The fourth-order valence-corrected chi connectivity index (χ4v) is 2.43. The lowest BCUT2D eigenvalue weighted by atomic mass is 9.89. The van der Waals surface area contributed by atoms with E-state index < -0.39 is 0 Å². The van der Waals surface area contributed by atoms with Crippen molar-refractivity contribution in [2.75, 3.05) is 14.1 Å². The van der Waals surface area contributed by atoms with Gasteiger partial charge in [0.05, 0.1) is 0 Å². The Kier molecular flexibility index (Phi) is 6.61. The van der Waals surface area contributed by atoms with Gasteiger partial charge in [0.25, 0.3) is 5.91 Å². The lowest BCUT2D eigenvalue weighted by Crippen LogP contribution is -2.21. The van der Waals surface area contributed by atoms with Crippen molar-refractivity contribution in [3.63, 3.8) is 0 Å². The van der Waals surface area contributed by atoms with E-state index >= 15 is 0 Å². The van der Waals surface area contributed by atoms with E-state index in [2.05, 4.69) is 26.0 Å². The van der Waals surface area contributed by atoms with Gasteiger partial charge in [-0.1, -0.05) is 45.2 Å². The SMILES string of the molecule is CCCCC(CCC)c1ccc(C(=O)N(C)C)cc1. The molecule has 1 rings (SSSR count). The van der Waals surface area contributed by atoms with Crippen molar-refractivity contribution in [3.05, 3.63) is 35.4 Å². The third-order valence-electron chi connectivity index (χ3n) is 3.58. The molecule has 1 aromatic carbocycles. The number of carbonyl (C=O) groups is 1. The summed E-state index contributed by atoms with van der Waals surface area (Å²) in [6.07, 6.45) is 6.24. The van der Waals surface area contributed by atoms with Crippen LogP contribution in [0.3, 0.4) is 0 Å². The van der Waals surface area contributed by atoms with Crippen LogP contribution in [0, 0.1) is 0 Å². The van der Waals surface area contributed by atoms with Crippen molar-refractivity contribution in [3.8, 4) is 0 Å². The van der Waals surface area contributed by atoms with Crippen LogP contribution in [0.5, 0.6) is 0 Å². The molecule has 19 heavy (non-hydrogen) atoms. The summed E-state index contributed by atoms with van der Waals surface area (Å²) in [5.41, 5.74) is 2.16. The van der Waals surface area contributed by atoms with E-state index in [1.807, 2.05) is 12.1 Å². The molecule has 0 heterocycles. The molecule has 0 radical (unpaired) electrons. The first kappa shape index (κ1) is 15.7. The normalized spacial score (nSPS) is 12.2. The second-order valence-electron chi connectivity index (χ2n) is 5.45. The molecule has 0 aliphatic heterocycles. The van der Waals surface area contributed by atoms with Crippen LogP contribution in [0.1, 0.15) is 67.8 Å². The van der Waals surface area contributed by atoms with Gasteiger partial charge < -0.3 is 4.90 Å². The molecule has 0 aliphatic carbocycles. The van der Waals surface area contributed by atoms with Gasteiger partial charge in [-0.3, -0.25) is 4.79 Å². The minimum atomic E-state index is 0.0761. The predicted octanol–water partition coefficient (Wildman–Crippen LogP) is 4.46. The standard InChI is InChI=1S/C17H27NO/c1-5-7-9-14(8-6-2)15-10-12-16(13-11-15)17(19)18(3)4/h10-14H,5-9H2,1-4H3. The Morgan fingerprint density at radius 2 is 1.68 bits per heavy atom. The lowest BCUT2D eigenvalue weighted by molar-refractivity contribution is 0.0827. The molecule has 0 spiro atoms. The zero-order chi connectivity index (χ0) is 14.3. The number of hydrogen-bond acceptors (Lipinski definition) is 1. The summed E-state index contributed by atoms with van der Waals surface area (Å²) in [6.45, 7) is 4.48. The third-order valence-corrected chi connectivity index (χ3v) is 3.58. The van der Waals surface area contributed by atoms with Crippen molar-refractivity contribution in [1.29, 1.82) is 0 Å². The zero-order valence-electron chi connectivity index (χ0n) is 12.8. The van der Waals surface area contributed by atoms with Gasteiger partial charge in [-0.25, -0.2) is 0 Å². The number of benzene rings is 1. The molecule has 2 nitrogen and oxygen atoms in total. The third kappa shape index (κ3) is 4.70. The van der Waals surface area contributed by atoms with Crippen LogP contribution in [0.25, 0.3) is 0 Å². The lowest BCUT2D eigenvalue weighted by Gasteiger charge is -2.17. The number of rotatable bonds is 7. The van der Waals surface area contributed by atoms with E-state index in [1.165, 1.54) is 37.7 Å². The van der Waals surface area contributed by atoms with Gasteiger partial charge in [-0.05, 0) is 36.5 Å². The molecule has 1 aromatic rings. The van der Waals surface area contributed by atoms with Crippen LogP contribution in [-0.2, 0) is 0 Å². The Hall–Kier alpha value is -1.31. The highest BCUT2D eigenvalue weighted by molar-refractivity contribution is 5.93. The molecular weight excluding hydrogens is 234 g/mol. The summed E-state index contributed by atoms with van der Waals surface area (Å²) in [5.74, 6) is 0.723. The fourth-order valence-electron chi connectivity index (χ4n) is 2.43. The molecular formula is C17H27NO. The first-order chi connectivity index (χ1) is 9.10. The van der Waals surface area contributed by atoms with E-state index in [0.29, 0.717) is 5.92 Å². The molecule has 0 saturated carbocycles. The Morgan fingerprint density at radius 3 is 2.16 bits per heavy atom. The molecule has 0 aromatic heterocycles. The maximum Gasteiger partial charge on any atom is 0.253 e. The highest BCUT2D eigenvalue weighted by Crippen LogP contribution is 2.27. The van der Waals surface area contributed by atoms with Crippen LogP contribution in [0.15, 0.2) is 24.3 Å². The summed E-state index contributed by atoms with van der Waals surface area (Å²) < 4.78 is 0. The van der Waals surface area contributed by atoms with Crippen molar-refractivity contribution in [1.82, 2.24) is 4.90 Å². The highest BCUT2D eigenvalue weighted by atomic mass is 16.2. The Morgan fingerprint density at radius 1 is 1.05 bits per heavy atom. The molecule has 0 saturated heterocycles. The maximum atomic E-state index is 11.8. The van der Waals surface area contributed by atoms with Crippen molar-refractivity contribution in [2.45, 2.75) is 51.9 Å². The van der Waals surface area contributed by atoms with Crippen LogP contribution in [0.4, 0.5) is 0 Å². The van der Waals surface area contributed by atoms with Crippen molar-refractivity contribution in [2.24, 2.45) is 0 Å². The van der Waals surface area contributed by atoms with Crippen LogP contribution in [-0.4, -0.2) is 24.9 Å². The largest absolute Gasteiger partial charge is 0.345 e. The molecule has 106 valence electrons. The van der Waals surface area contributed by atoms with E-state index in [4.69, 9.17) is 0 Å². The number of carbonyl (C=O) groups excluding carboxylic acids is 1. The van der Waals surface area contributed by atoms with Crippen molar-refractivity contribution < 1.29 is 4.79 Å². The predicted molar refractivity (Wildman–Crippen MR) is 81.6 cm³/mol. The molecule has 0 N–H and O–H groups in total. The summed E-state index contributed by atoms with van der Waals surface area (Å²) in [7, 11) is 3.58. The Balaban J connectivity index is 2.79. The van der Waals surface area contributed by atoms with E-state index in [-0.39, 0.29) is 5.91 Å². The van der Waals surface area contributed by atoms with Gasteiger partial charge in [0.1, 0.15) is 0 Å². The molecule has 2 heteroatoms. The minimum absolute atomic E-state index is 0.0761. The second kappa shape index (κ2) is 7.98. The van der Waals surface area contributed by atoms with Crippen molar-refractivity contribution >= 4 is 5.91 Å². The summed E-state index contributed by atoms with van der Waals surface area (Å²) in [5, 5.41) is 0. The van der Waals surface area contributed by atoms with E-state index in [9.17, 15) is 4.79 Å². The average molecular weight is 261 g/mol. The first-order valence-electron chi connectivity index (χ1n) is 7.41.